The summed E-state index contributed by atoms with van der Waals surface area (Å²) in [6.45, 7) is 1.76. The van der Waals surface area contributed by atoms with Gasteiger partial charge in [0.1, 0.15) is 0 Å². The highest BCUT2D eigenvalue weighted by Gasteiger charge is 2.28. The molecular formula is C15H15N3O2S. The number of hydrogen-bond acceptors (Lipinski definition) is 6. The second kappa shape index (κ2) is 5.46. The van der Waals surface area contributed by atoms with Crippen LogP contribution in [-0.4, -0.2) is 21.6 Å². The molecule has 5 nitrogen and oxygen atoms in total. The lowest BCUT2D eigenvalue weighted by molar-refractivity contribution is 0.226. The molecule has 1 unspecified atom stereocenters. The maximum Gasteiger partial charge on any atom is 0.283 e. The first-order chi connectivity index (χ1) is 10.4. The van der Waals surface area contributed by atoms with Crippen molar-refractivity contribution in [2.45, 2.75) is 25.4 Å². The fourth-order valence-electron chi connectivity index (χ4n) is 2.81. The van der Waals surface area contributed by atoms with E-state index in [1.54, 1.807) is 6.26 Å². The predicted octanol–water partition coefficient (Wildman–Crippen LogP) is 3.73. The molecule has 0 radical (unpaired) electrons. The second-order valence-corrected chi connectivity index (χ2v) is 6.10. The van der Waals surface area contributed by atoms with Crippen LogP contribution in [0.5, 0.6) is 0 Å². The topological polar surface area (TPSA) is 55.3 Å². The monoisotopic (exact) mass is 301 g/mol. The van der Waals surface area contributed by atoms with Crippen molar-refractivity contribution >= 4 is 11.3 Å². The third kappa shape index (κ3) is 2.52. The van der Waals surface area contributed by atoms with Crippen LogP contribution in [-0.2, 0) is 6.54 Å². The molecule has 3 aromatic heterocycles. The van der Waals surface area contributed by atoms with Crippen molar-refractivity contribution in [3.8, 4) is 11.7 Å². The lowest BCUT2D eigenvalue weighted by atomic mass is 10.2. The molecule has 21 heavy (non-hydrogen) atoms. The van der Waals surface area contributed by atoms with Gasteiger partial charge in [0.15, 0.2) is 5.76 Å². The van der Waals surface area contributed by atoms with Crippen molar-refractivity contribution in [1.82, 2.24) is 15.1 Å². The molecule has 1 aliphatic heterocycles. The number of likely N-dealkylation sites (tertiary alicyclic amines) is 1. The van der Waals surface area contributed by atoms with E-state index in [2.05, 4.69) is 32.6 Å². The molecule has 0 bridgehead atoms. The summed E-state index contributed by atoms with van der Waals surface area (Å²) < 4.78 is 11.0. The van der Waals surface area contributed by atoms with Crippen LogP contribution in [0.1, 0.15) is 29.7 Å². The number of thiophene rings is 1. The van der Waals surface area contributed by atoms with E-state index in [1.807, 2.05) is 23.5 Å². The Labute approximate surface area is 126 Å². The van der Waals surface area contributed by atoms with E-state index >= 15 is 0 Å². The van der Waals surface area contributed by atoms with Gasteiger partial charge in [0.05, 0.1) is 12.8 Å². The Morgan fingerprint density at radius 1 is 1.29 bits per heavy atom. The molecule has 1 fully saturated rings. The van der Waals surface area contributed by atoms with Crippen molar-refractivity contribution in [3.05, 3.63) is 46.7 Å². The highest BCUT2D eigenvalue weighted by molar-refractivity contribution is 7.10. The highest BCUT2D eigenvalue weighted by Crippen LogP contribution is 2.35. The van der Waals surface area contributed by atoms with Crippen LogP contribution in [0.4, 0.5) is 0 Å². The zero-order valence-electron chi connectivity index (χ0n) is 11.4. The lowest BCUT2D eigenvalue weighted by Gasteiger charge is -2.21. The standard InChI is InChI=1S/C15H15N3O2S/c1-4-11(13-6-3-9-21-13)18(7-1)10-14-16-17-15(20-14)12-5-2-8-19-12/h2-3,5-6,8-9,11H,1,4,7,10H2. The summed E-state index contributed by atoms with van der Waals surface area (Å²) in [5.41, 5.74) is 0. The number of rotatable bonds is 4. The molecule has 1 aliphatic rings. The minimum atomic E-state index is 0.446. The first-order valence-electron chi connectivity index (χ1n) is 7.04. The molecule has 1 atom stereocenters. The van der Waals surface area contributed by atoms with Gasteiger partial charge in [0, 0.05) is 10.9 Å². The Kier molecular flexibility index (Phi) is 3.33. The Morgan fingerprint density at radius 3 is 3.10 bits per heavy atom. The molecule has 0 aliphatic carbocycles. The molecule has 4 rings (SSSR count). The van der Waals surface area contributed by atoms with Crippen molar-refractivity contribution in [1.29, 1.82) is 0 Å². The van der Waals surface area contributed by atoms with Crippen LogP contribution < -0.4 is 0 Å². The molecule has 3 aromatic rings. The normalized spacial score (nSPS) is 19.3. The summed E-state index contributed by atoms with van der Waals surface area (Å²) in [5.74, 6) is 1.71. The zero-order valence-corrected chi connectivity index (χ0v) is 12.3. The van der Waals surface area contributed by atoms with Gasteiger partial charge >= 0.3 is 0 Å². The molecule has 0 amide bonds. The Bertz CT molecular complexity index is 690. The smallest absolute Gasteiger partial charge is 0.283 e. The molecule has 0 saturated carbocycles. The minimum Gasteiger partial charge on any atom is -0.459 e. The first kappa shape index (κ1) is 12.8. The van der Waals surface area contributed by atoms with Crippen LogP contribution in [0.25, 0.3) is 11.7 Å². The number of nitrogens with zero attached hydrogens (tertiary/aromatic N) is 3. The van der Waals surface area contributed by atoms with E-state index in [4.69, 9.17) is 8.83 Å². The van der Waals surface area contributed by atoms with Crippen LogP contribution in [0.3, 0.4) is 0 Å². The van der Waals surface area contributed by atoms with E-state index in [1.165, 1.54) is 17.7 Å². The second-order valence-electron chi connectivity index (χ2n) is 5.12. The Balaban J connectivity index is 1.51. The molecule has 0 aromatic carbocycles. The molecule has 0 N–H and O–H groups in total. The van der Waals surface area contributed by atoms with Gasteiger partial charge < -0.3 is 8.83 Å². The third-order valence-electron chi connectivity index (χ3n) is 3.77. The van der Waals surface area contributed by atoms with Crippen molar-refractivity contribution in [2.75, 3.05) is 6.54 Å². The summed E-state index contributed by atoms with van der Waals surface area (Å²) in [4.78, 5) is 3.82. The SMILES string of the molecule is c1coc(-c2nnc(CN3CCCC3c3cccs3)o2)c1. The predicted molar refractivity (Wildman–Crippen MR) is 78.7 cm³/mol. The maximum atomic E-state index is 5.70. The van der Waals surface area contributed by atoms with Crippen LogP contribution in [0.15, 0.2) is 44.7 Å². The average molecular weight is 301 g/mol. The third-order valence-corrected chi connectivity index (χ3v) is 4.75. The van der Waals surface area contributed by atoms with Crippen molar-refractivity contribution < 1.29 is 8.83 Å². The largest absolute Gasteiger partial charge is 0.459 e. The van der Waals surface area contributed by atoms with Gasteiger partial charge in [0.2, 0.25) is 5.89 Å². The van der Waals surface area contributed by atoms with Gasteiger partial charge in [-0.25, -0.2) is 0 Å². The van der Waals surface area contributed by atoms with E-state index < -0.39 is 0 Å². The molecule has 6 heteroatoms. The Morgan fingerprint density at radius 2 is 2.29 bits per heavy atom. The summed E-state index contributed by atoms with van der Waals surface area (Å²) in [6, 6.07) is 8.42. The summed E-state index contributed by atoms with van der Waals surface area (Å²) in [6.07, 6.45) is 4.01. The molecule has 108 valence electrons. The van der Waals surface area contributed by atoms with E-state index in [-0.39, 0.29) is 0 Å². The number of furan rings is 1. The quantitative estimate of drug-likeness (QED) is 0.735. The van der Waals surface area contributed by atoms with Gasteiger partial charge in [0.25, 0.3) is 5.89 Å². The summed E-state index contributed by atoms with van der Waals surface area (Å²) in [7, 11) is 0. The number of aromatic nitrogens is 2. The van der Waals surface area contributed by atoms with Crippen LogP contribution >= 0.6 is 11.3 Å². The van der Waals surface area contributed by atoms with Crippen LogP contribution in [0, 0.1) is 0 Å². The van der Waals surface area contributed by atoms with E-state index in [0.29, 0.717) is 30.1 Å². The first-order valence-corrected chi connectivity index (χ1v) is 7.92. The van der Waals surface area contributed by atoms with Gasteiger partial charge in [-0.05, 0) is 43.0 Å². The summed E-state index contributed by atoms with van der Waals surface area (Å²) in [5, 5.41) is 10.3. The Hall–Kier alpha value is -1.92. The molecule has 4 heterocycles. The molecular weight excluding hydrogens is 286 g/mol. The fourth-order valence-corrected chi connectivity index (χ4v) is 3.70. The van der Waals surface area contributed by atoms with Gasteiger partial charge in [-0.1, -0.05) is 6.07 Å². The lowest BCUT2D eigenvalue weighted by Crippen LogP contribution is -2.22. The van der Waals surface area contributed by atoms with Crippen molar-refractivity contribution in [3.63, 3.8) is 0 Å². The minimum absolute atomic E-state index is 0.446. The van der Waals surface area contributed by atoms with E-state index in [9.17, 15) is 0 Å². The summed E-state index contributed by atoms with van der Waals surface area (Å²) >= 11 is 1.81. The maximum absolute atomic E-state index is 5.70. The van der Waals surface area contributed by atoms with Gasteiger partial charge in [-0.2, -0.15) is 0 Å². The molecule has 0 spiro atoms. The van der Waals surface area contributed by atoms with Crippen LogP contribution in [0.2, 0.25) is 0 Å². The zero-order chi connectivity index (χ0) is 14.1. The number of hydrogen-bond donors (Lipinski definition) is 0. The fraction of sp³-hybridized carbons (Fsp3) is 0.333. The molecule has 1 saturated heterocycles. The van der Waals surface area contributed by atoms with Crippen molar-refractivity contribution in [2.24, 2.45) is 0 Å². The average Bonchev–Trinajstić information content (AvgIpc) is 3.28. The highest BCUT2D eigenvalue weighted by atomic mass is 32.1. The van der Waals surface area contributed by atoms with Gasteiger partial charge in [-0.3, -0.25) is 4.90 Å². The van der Waals surface area contributed by atoms with Gasteiger partial charge in [-0.15, -0.1) is 21.5 Å². The van der Waals surface area contributed by atoms with E-state index in [0.717, 1.165) is 6.54 Å².